The average molecular weight is 284 g/mol. The van der Waals surface area contributed by atoms with Crippen LogP contribution in [0.25, 0.3) is 5.76 Å². The minimum Gasteiger partial charge on any atom is -0.404 e. The van der Waals surface area contributed by atoms with E-state index in [-0.39, 0.29) is 18.0 Å². The van der Waals surface area contributed by atoms with Crippen molar-refractivity contribution in [3.63, 3.8) is 0 Å². The first-order chi connectivity index (χ1) is 8.82. The topological polar surface area (TPSA) is 44.8 Å². The summed E-state index contributed by atoms with van der Waals surface area (Å²) in [5.41, 5.74) is 0.738. The van der Waals surface area contributed by atoms with E-state index >= 15 is 0 Å². The lowest BCUT2D eigenvalue weighted by molar-refractivity contribution is 0.0977. The van der Waals surface area contributed by atoms with Gasteiger partial charge in [0, 0.05) is 5.56 Å². The van der Waals surface area contributed by atoms with Crippen molar-refractivity contribution in [3.05, 3.63) is 42.5 Å². The molecule has 0 saturated carbocycles. The highest BCUT2D eigenvalue weighted by atomic mass is 31.2. The van der Waals surface area contributed by atoms with Gasteiger partial charge in [0.25, 0.3) is 0 Å². The van der Waals surface area contributed by atoms with Gasteiger partial charge in [-0.1, -0.05) is 36.9 Å². The van der Waals surface area contributed by atoms with Crippen LogP contribution in [0.4, 0.5) is 0 Å². The maximum atomic E-state index is 12.5. The van der Waals surface area contributed by atoms with Crippen molar-refractivity contribution in [1.29, 1.82) is 0 Å². The van der Waals surface area contributed by atoms with Gasteiger partial charge in [0.1, 0.15) is 5.76 Å². The number of hydrogen-bond donors (Lipinski definition) is 0. The van der Waals surface area contributed by atoms with Crippen LogP contribution >= 0.6 is 7.82 Å². The predicted octanol–water partition coefficient (Wildman–Crippen LogP) is 4.63. The molecule has 0 fully saturated rings. The lowest BCUT2D eigenvalue weighted by Gasteiger charge is -2.23. The molecule has 0 aliphatic heterocycles. The Hall–Kier alpha value is -1.09. The first-order valence-corrected chi connectivity index (χ1v) is 7.69. The zero-order valence-corrected chi connectivity index (χ0v) is 12.7. The molecule has 0 aliphatic rings. The molecule has 0 spiro atoms. The van der Waals surface area contributed by atoms with Crippen LogP contribution in [0.2, 0.25) is 0 Å². The molecule has 0 heterocycles. The molecule has 1 rings (SSSR count). The lowest BCUT2D eigenvalue weighted by Crippen LogP contribution is -2.09. The van der Waals surface area contributed by atoms with Gasteiger partial charge < -0.3 is 4.52 Å². The van der Waals surface area contributed by atoms with E-state index in [1.165, 1.54) is 0 Å². The molecule has 19 heavy (non-hydrogen) atoms. The molecule has 0 N–H and O–H groups in total. The van der Waals surface area contributed by atoms with Gasteiger partial charge in [-0.2, -0.15) is 0 Å². The van der Waals surface area contributed by atoms with Crippen molar-refractivity contribution in [2.24, 2.45) is 0 Å². The lowest BCUT2D eigenvalue weighted by atomic mass is 10.2. The zero-order chi connectivity index (χ0) is 14.5. The van der Waals surface area contributed by atoms with E-state index in [0.29, 0.717) is 0 Å². The van der Waals surface area contributed by atoms with Crippen molar-refractivity contribution in [3.8, 4) is 0 Å². The van der Waals surface area contributed by atoms with Crippen molar-refractivity contribution in [1.82, 2.24) is 0 Å². The van der Waals surface area contributed by atoms with Crippen LogP contribution < -0.4 is 0 Å². The normalized spacial score (nSPS) is 11.9. The molecule has 0 saturated heterocycles. The van der Waals surface area contributed by atoms with Gasteiger partial charge in [-0.05, 0) is 27.7 Å². The maximum Gasteiger partial charge on any atom is 0.530 e. The molecule has 4 nitrogen and oxygen atoms in total. The Morgan fingerprint density at radius 2 is 1.53 bits per heavy atom. The molecule has 106 valence electrons. The van der Waals surface area contributed by atoms with Crippen LogP contribution in [0.5, 0.6) is 0 Å². The maximum absolute atomic E-state index is 12.5. The number of benzene rings is 1. The summed E-state index contributed by atoms with van der Waals surface area (Å²) in [6.07, 6.45) is -0.540. The minimum absolute atomic E-state index is 0.269. The monoisotopic (exact) mass is 284 g/mol. The molecule has 0 radical (unpaired) electrons. The van der Waals surface area contributed by atoms with Crippen LogP contribution in [0, 0.1) is 0 Å². The van der Waals surface area contributed by atoms with Gasteiger partial charge in [-0.15, -0.1) is 0 Å². The summed E-state index contributed by atoms with van der Waals surface area (Å²) in [5.74, 6) is 0.269. The highest BCUT2D eigenvalue weighted by Gasteiger charge is 2.32. The second kappa shape index (κ2) is 6.90. The quantitative estimate of drug-likeness (QED) is 0.541. The molecule has 0 aliphatic carbocycles. The fraction of sp³-hybridized carbons (Fsp3) is 0.429. The molecule has 0 aromatic heterocycles. The summed E-state index contributed by atoms with van der Waals surface area (Å²) in [6, 6.07) is 9.21. The summed E-state index contributed by atoms with van der Waals surface area (Å²) < 4.78 is 28.4. The first-order valence-electron chi connectivity index (χ1n) is 6.23. The summed E-state index contributed by atoms with van der Waals surface area (Å²) in [5, 5.41) is 0. The van der Waals surface area contributed by atoms with Gasteiger partial charge in [0.15, 0.2) is 0 Å². The Kier molecular flexibility index (Phi) is 5.80. The van der Waals surface area contributed by atoms with Crippen molar-refractivity contribution in [2.75, 3.05) is 0 Å². The molecule has 1 aromatic rings. The highest BCUT2D eigenvalue weighted by molar-refractivity contribution is 7.48. The third kappa shape index (κ3) is 5.60. The van der Waals surface area contributed by atoms with E-state index in [1.54, 1.807) is 27.7 Å². The van der Waals surface area contributed by atoms with E-state index < -0.39 is 7.82 Å². The molecular formula is C14H21O4P. The number of hydrogen-bond acceptors (Lipinski definition) is 4. The highest BCUT2D eigenvalue weighted by Crippen LogP contribution is 2.54. The molecule has 5 heteroatoms. The molecule has 0 bridgehead atoms. The fourth-order valence-electron chi connectivity index (χ4n) is 1.40. The zero-order valence-electron chi connectivity index (χ0n) is 11.8. The summed E-state index contributed by atoms with van der Waals surface area (Å²) >= 11 is 0. The van der Waals surface area contributed by atoms with Gasteiger partial charge in [0.2, 0.25) is 0 Å². The van der Waals surface area contributed by atoms with E-state index in [0.717, 1.165) is 5.56 Å². The van der Waals surface area contributed by atoms with E-state index in [2.05, 4.69) is 6.58 Å². The molecule has 0 unspecified atom stereocenters. The summed E-state index contributed by atoms with van der Waals surface area (Å²) in [7, 11) is -3.65. The van der Waals surface area contributed by atoms with Crippen LogP contribution in [-0.4, -0.2) is 12.2 Å². The molecule has 0 amide bonds. The van der Waals surface area contributed by atoms with E-state index in [9.17, 15) is 4.57 Å². The fourth-order valence-corrected chi connectivity index (χ4v) is 2.94. The number of phosphoric ester groups is 1. The molecule has 0 atom stereocenters. The Labute approximate surface area is 115 Å². The SMILES string of the molecule is C=C(OP(=O)(OC(C)C)OC(C)C)c1ccccc1. The van der Waals surface area contributed by atoms with Crippen LogP contribution in [-0.2, 0) is 18.1 Å². The largest absolute Gasteiger partial charge is 0.530 e. The molecule has 1 aromatic carbocycles. The van der Waals surface area contributed by atoms with Crippen LogP contribution in [0.1, 0.15) is 33.3 Å². The Morgan fingerprint density at radius 3 is 1.95 bits per heavy atom. The van der Waals surface area contributed by atoms with Gasteiger partial charge >= 0.3 is 7.82 Å². The first kappa shape index (κ1) is 16.0. The second-order valence-corrected chi connectivity index (χ2v) is 6.13. The Morgan fingerprint density at radius 1 is 1.05 bits per heavy atom. The van der Waals surface area contributed by atoms with E-state index in [1.807, 2.05) is 30.3 Å². The van der Waals surface area contributed by atoms with Gasteiger partial charge in [-0.3, -0.25) is 9.05 Å². The predicted molar refractivity (Wildman–Crippen MR) is 76.6 cm³/mol. The third-order valence-corrected chi connectivity index (χ3v) is 3.80. The molecular weight excluding hydrogens is 263 g/mol. The van der Waals surface area contributed by atoms with Crippen molar-refractivity contribution in [2.45, 2.75) is 39.9 Å². The number of phosphoric acid groups is 1. The van der Waals surface area contributed by atoms with Crippen LogP contribution in [0.15, 0.2) is 36.9 Å². The Balaban J connectivity index is 2.83. The van der Waals surface area contributed by atoms with Gasteiger partial charge in [0.05, 0.1) is 12.2 Å². The Bertz CT molecular complexity index is 440. The smallest absolute Gasteiger partial charge is 0.404 e. The number of rotatable bonds is 7. The van der Waals surface area contributed by atoms with Crippen molar-refractivity contribution < 1.29 is 18.1 Å². The second-order valence-electron chi connectivity index (χ2n) is 4.64. The van der Waals surface area contributed by atoms with E-state index in [4.69, 9.17) is 13.6 Å². The average Bonchev–Trinajstić information content (AvgIpc) is 2.27. The summed E-state index contributed by atoms with van der Waals surface area (Å²) in [6.45, 7) is 10.8. The van der Waals surface area contributed by atoms with Crippen molar-refractivity contribution >= 4 is 13.6 Å². The van der Waals surface area contributed by atoms with Crippen LogP contribution in [0.3, 0.4) is 0 Å². The summed E-state index contributed by atoms with van der Waals surface area (Å²) in [4.78, 5) is 0. The van der Waals surface area contributed by atoms with Gasteiger partial charge in [-0.25, -0.2) is 4.57 Å². The minimum atomic E-state index is -3.65. The third-order valence-electron chi connectivity index (χ3n) is 2.00. The standard InChI is InChI=1S/C14H21O4P/c1-11(2)16-19(15,17-12(3)4)18-13(5)14-9-7-6-8-10-14/h6-12H,5H2,1-4H3.